The smallest absolute Gasteiger partial charge is 0.248 e. The lowest BCUT2D eigenvalue weighted by Gasteiger charge is -2.14. The van der Waals surface area contributed by atoms with Crippen molar-refractivity contribution in [1.29, 1.82) is 0 Å². The molecule has 27 heavy (non-hydrogen) atoms. The maximum absolute atomic E-state index is 12.5. The Bertz CT molecular complexity index is 1040. The summed E-state index contributed by atoms with van der Waals surface area (Å²) in [7, 11) is 0. The summed E-state index contributed by atoms with van der Waals surface area (Å²) in [6, 6.07) is 13.8. The summed E-state index contributed by atoms with van der Waals surface area (Å²) >= 11 is 0. The van der Waals surface area contributed by atoms with Crippen LogP contribution in [0.15, 0.2) is 48.5 Å². The number of nitrogens with zero attached hydrogens (tertiary/aromatic N) is 2. The number of H-pyrrole nitrogens is 1. The van der Waals surface area contributed by atoms with Gasteiger partial charge in [-0.3, -0.25) is 24.4 Å². The monoisotopic (exact) mass is 363 g/mol. The maximum atomic E-state index is 12.5. The van der Waals surface area contributed by atoms with Gasteiger partial charge in [-0.2, -0.15) is 5.10 Å². The molecular formula is C19H17N5O3. The van der Waals surface area contributed by atoms with Gasteiger partial charge < -0.3 is 11.1 Å². The summed E-state index contributed by atoms with van der Waals surface area (Å²) in [6.45, 7) is 0.263. The fourth-order valence-corrected chi connectivity index (χ4v) is 3.20. The van der Waals surface area contributed by atoms with Crippen LogP contribution in [0, 0.1) is 5.92 Å². The molecule has 3 aromatic rings. The molecule has 0 saturated carbocycles. The van der Waals surface area contributed by atoms with Crippen LogP contribution in [0.2, 0.25) is 0 Å². The van der Waals surface area contributed by atoms with E-state index in [0.717, 1.165) is 10.9 Å². The van der Waals surface area contributed by atoms with E-state index < -0.39 is 11.8 Å². The highest BCUT2D eigenvalue weighted by Gasteiger charge is 2.36. The van der Waals surface area contributed by atoms with Crippen molar-refractivity contribution in [2.45, 2.75) is 6.42 Å². The zero-order valence-electron chi connectivity index (χ0n) is 14.3. The van der Waals surface area contributed by atoms with E-state index in [4.69, 9.17) is 5.73 Å². The third kappa shape index (κ3) is 3.12. The summed E-state index contributed by atoms with van der Waals surface area (Å²) in [6.07, 6.45) is 0.117. The Kier molecular flexibility index (Phi) is 4.08. The summed E-state index contributed by atoms with van der Waals surface area (Å²) < 4.78 is 0. The molecule has 8 heteroatoms. The van der Waals surface area contributed by atoms with Gasteiger partial charge in [0.2, 0.25) is 17.7 Å². The first-order valence-electron chi connectivity index (χ1n) is 8.47. The highest BCUT2D eigenvalue weighted by Crippen LogP contribution is 2.30. The quantitative estimate of drug-likeness (QED) is 0.652. The molecule has 1 aromatic heterocycles. The van der Waals surface area contributed by atoms with Gasteiger partial charge >= 0.3 is 0 Å². The number of fused-ring (bicyclic) bond motifs is 1. The molecule has 8 nitrogen and oxygen atoms in total. The number of carbonyl (C=O) groups excluding carboxylic acids is 3. The summed E-state index contributed by atoms with van der Waals surface area (Å²) in [5.41, 5.74) is 6.94. The average Bonchev–Trinajstić information content (AvgIpc) is 3.25. The Balaban J connectivity index is 1.48. The standard InChI is InChI=1S/C19H17N5O3/c20-17(26)11-5-7-13(8-6-11)21-19(27)12-9-16(25)24(10-12)18-14-3-1-2-4-15(14)22-23-18/h1-8,12H,9-10H2,(H2,20,26)(H,21,27)(H,22,23). The fourth-order valence-electron chi connectivity index (χ4n) is 3.20. The zero-order valence-corrected chi connectivity index (χ0v) is 14.3. The first-order chi connectivity index (χ1) is 13.0. The predicted octanol–water partition coefficient (Wildman–Crippen LogP) is 1.65. The first kappa shape index (κ1) is 16.8. The minimum absolute atomic E-state index is 0.117. The molecule has 2 aromatic carbocycles. The second-order valence-corrected chi connectivity index (χ2v) is 6.43. The second-order valence-electron chi connectivity index (χ2n) is 6.43. The molecule has 3 amide bonds. The number of aromatic amines is 1. The van der Waals surface area contributed by atoms with Crippen LogP contribution >= 0.6 is 0 Å². The van der Waals surface area contributed by atoms with Crippen LogP contribution < -0.4 is 16.0 Å². The topological polar surface area (TPSA) is 121 Å². The molecule has 1 atom stereocenters. The molecular weight excluding hydrogens is 346 g/mol. The number of nitrogens with one attached hydrogen (secondary N) is 2. The number of nitrogens with two attached hydrogens (primary N) is 1. The van der Waals surface area contributed by atoms with Crippen molar-refractivity contribution in [2.24, 2.45) is 11.7 Å². The molecule has 1 aliphatic rings. The molecule has 1 saturated heterocycles. The van der Waals surface area contributed by atoms with Crippen LogP contribution in [-0.4, -0.2) is 34.5 Å². The third-order valence-electron chi connectivity index (χ3n) is 4.64. The van der Waals surface area contributed by atoms with Crippen LogP contribution in [0.1, 0.15) is 16.8 Å². The Morgan fingerprint density at radius 2 is 1.89 bits per heavy atom. The van der Waals surface area contributed by atoms with E-state index in [2.05, 4.69) is 15.5 Å². The number of anilines is 2. The molecule has 0 radical (unpaired) electrons. The van der Waals surface area contributed by atoms with Crippen LogP contribution in [0.3, 0.4) is 0 Å². The molecule has 4 rings (SSSR count). The number of para-hydroxylation sites is 1. The number of benzene rings is 2. The molecule has 136 valence electrons. The van der Waals surface area contributed by atoms with Crippen molar-refractivity contribution < 1.29 is 14.4 Å². The lowest BCUT2D eigenvalue weighted by atomic mass is 10.1. The number of hydrogen-bond acceptors (Lipinski definition) is 4. The van der Waals surface area contributed by atoms with Crippen LogP contribution in [0.25, 0.3) is 10.9 Å². The van der Waals surface area contributed by atoms with Gasteiger partial charge in [-0.05, 0) is 36.4 Å². The summed E-state index contributed by atoms with van der Waals surface area (Å²) in [5.74, 6) is -0.870. The predicted molar refractivity (Wildman–Crippen MR) is 100 cm³/mol. The third-order valence-corrected chi connectivity index (χ3v) is 4.64. The lowest BCUT2D eigenvalue weighted by Crippen LogP contribution is -2.28. The van der Waals surface area contributed by atoms with Gasteiger partial charge in [0.1, 0.15) is 0 Å². The van der Waals surface area contributed by atoms with Crippen molar-refractivity contribution in [3.8, 4) is 0 Å². The van der Waals surface area contributed by atoms with E-state index in [9.17, 15) is 14.4 Å². The molecule has 1 unspecified atom stereocenters. The van der Waals surface area contributed by atoms with Crippen molar-refractivity contribution in [3.63, 3.8) is 0 Å². The maximum Gasteiger partial charge on any atom is 0.248 e. The van der Waals surface area contributed by atoms with Gasteiger partial charge in [-0.25, -0.2) is 0 Å². The Hall–Kier alpha value is -3.68. The molecule has 4 N–H and O–H groups in total. The highest BCUT2D eigenvalue weighted by atomic mass is 16.2. The van der Waals surface area contributed by atoms with Crippen LogP contribution in [-0.2, 0) is 9.59 Å². The summed E-state index contributed by atoms with van der Waals surface area (Å²) in [5, 5.41) is 10.8. The Morgan fingerprint density at radius 3 is 2.63 bits per heavy atom. The van der Waals surface area contributed by atoms with Crippen molar-refractivity contribution >= 4 is 40.1 Å². The van der Waals surface area contributed by atoms with Gasteiger partial charge in [-0.1, -0.05) is 12.1 Å². The highest BCUT2D eigenvalue weighted by molar-refractivity contribution is 6.07. The SMILES string of the molecule is NC(=O)c1ccc(NC(=O)C2CC(=O)N(c3n[nH]c4ccccc34)C2)cc1. The number of hydrogen-bond donors (Lipinski definition) is 3. The minimum Gasteiger partial charge on any atom is -0.366 e. The number of aromatic nitrogens is 2. The van der Waals surface area contributed by atoms with Crippen LogP contribution in [0.5, 0.6) is 0 Å². The van der Waals surface area contributed by atoms with Gasteiger partial charge in [0.25, 0.3) is 0 Å². The Morgan fingerprint density at radius 1 is 1.15 bits per heavy atom. The van der Waals surface area contributed by atoms with Gasteiger partial charge in [0, 0.05) is 29.6 Å². The van der Waals surface area contributed by atoms with E-state index >= 15 is 0 Å². The van der Waals surface area contributed by atoms with E-state index in [1.165, 1.54) is 0 Å². The molecule has 0 spiro atoms. The van der Waals surface area contributed by atoms with Gasteiger partial charge in [-0.15, -0.1) is 0 Å². The van der Waals surface area contributed by atoms with E-state index in [-0.39, 0.29) is 24.8 Å². The molecule has 1 aliphatic heterocycles. The number of primary amides is 1. The molecule has 0 bridgehead atoms. The molecule has 2 heterocycles. The van der Waals surface area contributed by atoms with Gasteiger partial charge in [0.15, 0.2) is 5.82 Å². The van der Waals surface area contributed by atoms with Crippen LogP contribution in [0.4, 0.5) is 11.5 Å². The zero-order chi connectivity index (χ0) is 19.0. The molecule has 0 aliphatic carbocycles. The first-order valence-corrected chi connectivity index (χ1v) is 8.47. The van der Waals surface area contributed by atoms with E-state index in [0.29, 0.717) is 17.1 Å². The van der Waals surface area contributed by atoms with Crippen molar-refractivity contribution in [1.82, 2.24) is 10.2 Å². The lowest BCUT2D eigenvalue weighted by molar-refractivity contribution is -0.122. The Labute approximate surface area is 154 Å². The average molecular weight is 363 g/mol. The fraction of sp³-hybridized carbons (Fsp3) is 0.158. The summed E-state index contributed by atoms with van der Waals surface area (Å²) in [4.78, 5) is 37.6. The number of rotatable bonds is 4. The van der Waals surface area contributed by atoms with Crippen molar-refractivity contribution in [2.75, 3.05) is 16.8 Å². The molecule has 1 fully saturated rings. The van der Waals surface area contributed by atoms with Crippen molar-refractivity contribution in [3.05, 3.63) is 54.1 Å². The second kappa shape index (κ2) is 6.56. The largest absolute Gasteiger partial charge is 0.366 e. The normalized spacial score (nSPS) is 16.7. The van der Waals surface area contributed by atoms with E-state index in [1.807, 2.05) is 24.3 Å². The minimum atomic E-state index is -0.531. The number of amides is 3. The van der Waals surface area contributed by atoms with Gasteiger partial charge in [0.05, 0.1) is 11.4 Å². The van der Waals surface area contributed by atoms with E-state index in [1.54, 1.807) is 29.2 Å². The number of carbonyl (C=O) groups is 3.